The number of fused-ring (bicyclic) bond motifs is 1. The second-order valence-corrected chi connectivity index (χ2v) is 6.56. The minimum absolute atomic E-state index is 0.0384. The van der Waals surface area contributed by atoms with Gasteiger partial charge in [-0.05, 0) is 55.9 Å². The van der Waals surface area contributed by atoms with E-state index in [9.17, 15) is 0 Å². The standard InChI is InChI=1S/C16H23ClN2O/c1-12-10-14(17)11-13-2-3-16(20-15(12)13)4-7-19(8-5-16)9-6-18/h10-11H,2-9,18H2,1H3. The van der Waals surface area contributed by atoms with E-state index in [-0.39, 0.29) is 5.60 Å². The number of ether oxygens (including phenoxy) is 1. The van der Waals surface area contributed by atoms with E-state index in [0.29, 0.717) is 0 Å². The van der Waals surface area contributed by atoms with Gasteiger partial charge >= 0.3 is 0 Å². The fraction of sp³-hybridized carbons (Fsp3) is 0.625. The van der Waals surface area contributed by atoms with Crippen molar-refractivity contribution in [2.45, 2.75) is 38.2 Å². The zero-order chi connectivity index (χ0) is 14.2. The molecule has 3 nitrogen and oxygen atoms in total. The molecule has 2 heterocycles. The van der Waals surface area contributed by atoms with Gasteiger partial charge in [0.15, 0.2) is 0 Å². The fourth-order valence-electron chi connectivity index (χ4n) is 3.48. The van der Waals surface area contributed by atoms with Crippen LogP contribution >= 0.6 is 11.6 Å². The monoisotopic (exact) mass is 294 g/mol. The fourth-order valence-corrected chi connectivity index (χ4v) is 3.78. The van der Waals surface area contributed by atoms with E-state index >= 15 is 0 Å². The molecule has 0 amide bonds. The Morgan fingerprint density at radius 3 is 2.75 bits per heavy atom. The number of rotatable bonds is 2. The Bertz CT molecular complexity index is 495. The van der Waals surface area contributed by atoms with Crippen molar-refractivity contribution in [1.82, 2.24) is 4.90 Å². The summed E-state index contributed by atoms with van der Waals surface area (Å²) >= 11 is 6.14. The van der Waals surface area contributed by atoms with Gasteiger partial charge in [-0.25, -0.2) is 0 Å². The molecule has 1 aromatic carbocycles. The summed E-state index contributed by atoms with van der Waals surface area (Å²) in [6.45, 7) is 6.03. The van der Waals surface area contributed by atoms with Crippen LogP contribution < -0.4 is 10.5 Å². The summed E-state index contributed by atoms with van der Waals surface area (Å²) < 4.78 is 6.46. The molecule has 0 atom stereocenters. The van der Waals surface area contributed by atoms with E-state index in [4.69, 9.17) is 22.1 Å². The molecule has 0 bridgehead atoms. The highest BCUT2D eigenvalue weighted by Gasteiger charge is 2.39. The molecule has 0 saturated carbocycles. The summed E-state index contributed by atoms with van der Waals surface area (Å²) in [4.78, 5) is 2.44. The molecule has 0 aliphatic carbocycles. The first-order valence-electron chi connectivity index (χ1n) is 7.52. The van der Waals surface area contributed by atoms with Crippen molar-refractivity contribution in [2.75, 3.05) is 26.2 Å². The molecule has 2 aliphatic rings. The van der Waals surface area contributed by atoms with Crippen molar-refractivity contribution in [3.8, 4) is 5.75 Å². The highest BCUT2D eigenvalue weighted by atomic mass is 35.5. The number of halogens is 1. The zero-order valence-corrected chi connectivity index (χ0v) is 12.9. The second-order valence-electron chi connectivity index (χ2n) is 6.13. The molecule has 1 spiro atoms. The second kappa shape index (κ2) is 5.55. The lowest BCUT2D eigenvalue weighted by molar-refractivity contribution is -0.0142. The van der Waals surface area contributed by atoms with Gasteiger partial charge in [0, 0.05) is 31.2 Å². The molecular weight excluding hydrogens is 272 g/mol. The number of aryl methyl sites for hydroxylation is 2. The molecule has 110 valence electrons. The van der Waals surface area contributed by atoms with E-state index in [0.717, 1.165) is 68.2 Å². The number of hydrogen-bond acceptors (Lipinski definition) is 3. The van der Waals surface area contributed by atoms with Crippen LogP contribution in [0.4, 0.5) is 0 Å². The number of benzene rings is 1. The lowest BCUT2D eigenvalue weighted by atomic mass is 9.82. The Balaban J connectivity index is 1.76. The highest BCUT2D eigenvalue weighted by Crippen LogP contribution is 2.41. The van der Waals surface area contributed by atoms with Gasteiger partial charge in [-0.2, -0.15) is 0 Å². The Morgan fingerprint density at radius 1 is 1.30 bits per heavy atom. The summed E-state index contributed by atoms with van der Waals surface area (Å²) in [5.41, 5.74) is 8.11. The molecule has 0 radical (unpaired) electrons. The third-order valence-electron chi connectivity index (χ3n) is 4.70. The average molecular weight is 295 g/mol. The third kappa shape index (κ3) is 2.67. The van der Waals surface area contributed by atoms with Gasteiger partial charge in [0.25, 0.3) is 0 Å². The predicted molar refractivity (Wildman–Crippen MR) is 82.6 cm³/mol. The number of piperidine rings is 1. The number of likely N-dealkylation sites (tertiary alicyclic amines) is 1. The summed E-state index contributed by atoms with van der Waals surface area (Å²) in [6, 6.07) is 4.06. The van der Waals surface area contributed by atoms with E-state index in [2.05, 4.69) is 17.9 Å². The molecule has 0 unspecified atom stereocenters. The van der Waals surface area contributed by atoms with Crippen molar-refractivity contribution in [1.29, 1.82) is 0 Å². The van der Waals surface area contributed by atoms with Gasteiger partial charge < -0.3 is 15.4 Å². The smallest absolute Gasteiger partial charge is 0.126 e. The van der Waals surface area contributed by atoms with Crippen LogP contribution in [-0.2, 0) is 6.42 Å². The van der Waals surface area contributed by atoms with Crippen molar-refractivity contribution in [2.24, 2.45) is 5.73 Å². The van der Waals surface area contributed by atoms with Crippen LogP contribution in [0.15, 0.2) is 12.1 Å². The summed E-state index contributed by atoms with van der Waals surface area (Å²) in [5.74, 6) is 1.08. The van der Waals surface area contributed by atoms with Gasteiger partial charge in [-0.3, -0.25) is 0 Å². The number of nitrogens with two attached hydrogens (primary N) is 1. The van der Waals surface area contributed by atoms with E-state index < -0.39 is 0 Å². The largest absolute Gasteiger partial charge is 0.487 e. The van der Waals surface area contributed by atoms with E-state index in [1.54, 1.807) is 0 Å². The van der Waals surface area contributed by atoms with Crippen LogP contribution in [-0.4, -0.2) is 36.7 Å². The van der Waals surface area contributed by atoms with Crippen LogP contribution in [0.25, 0.3) is 0 Å². The lowest BCUT2D eigenvalue weighted by Crippen LogP contribution is -2.50. The van der Waals surface area contributed by atoms with E-state index in [1.807, 2.05) is 6.07 Å². The SMILES string of the molecule is Cc1cc(Cl)cc2c1OC1(CC2)CCN(CCN)CC1. The van der Waals surface area contributed by atoms with E-state index in [1.165, 1.54) is 5.56 Å². The van der Waals surface area contributed by atoms with Gasteiger partial charge in [-0.15, -0.1) is 0 Å². The van der Waals surface area contributed by atoms with Gasteiger partial charge in [0.1, 0.15) is 11.4 Å². The summed E-state index contributed by atoms with van der Waals surface area (Å²) in [5, 5.41) is 0.818. The number of nitrogens with zero attached hydrogens (tertiary/aromatic N) is 1. The van der Waals surface area contributed by atoms with Crippen LogP contribution in [0.3, 0.4) is 0 Å². The first-order valence-corrected chi connectivity index (χ1v) is 7.90. The van der Waals surface area contributed by atoms with Crippen molar-refractivity contribution < 1.29 is 4.74 Å². The average Bonchev–Trinajstić information content (AvgIpc) is 2.43. The van der Waals surface area contributed by atoms with Gasteiger partial charge in [0.05, 0.1) is 0 Å². The van der Waals surface area contributed by atoms with Crippen LogP contribution in [0.1, 0.15) is 30.4 Å². The quantitative estimate of drug-likeness (QED) is 0.911. The van der Waals surface area contributed by atoms with Gasteiger partial charge in [0.2, 0.25) is 0 Å². The van der Waals surface area contributed by atoms with Crippen molar-refractivity contribution >= 4 is 11.6 Å². The third-order valence-corrected chi connectivity index (χ3v) is 4.92. The minimum atomic E-state index is 0.0384. The Labute approximate surface area is 126 Å². The predicted octanol–water partition coefficient (Wildman–Crippen LogP) is 2.77. The topological polar surface area (TPSA) is 38.5 Å². The maximum absolute atomic E-state index is 6.46. The Morgan fingerprint density at radius 2 is 2.05 bits per heavy atom. The molecule has 1 aromatic rings. The summed E-state index contributed by atoms with van der Waals surface area (Å²) in [6.07, 6.45) is 4.40. The molecule has 2 aliphatic heterocycles. The maximum atomic E-state index is 6.46. The maximum Gasteiger partial charge on any atom is 0.126 e. The van der Waals surface area contributed by atoms with Crippen molar-refractivity contribution in [3.05, 3.63) is 28.3 Å². The minimum Gasteiger partial charge on any atom is -0.487 e. The Hall–Kier alpha value is -0.770. The van der Waals surface area contributed by atoms with Crippen LogP contribution in [0.2, 0.25) is 5.02 Å². The van der Waals surface area contributed by atoms with Crippen molar-refractivity contribution in [3.63, 3.8) is 0 Å². The zero-order valence-electron chi connectivity index (χ0n) is 12.1. The number of hydrogen-bond donors (Lipinski definition) is 1. The van der Waals surface area contributed by atoms with Crippen LogP contribution in [0.5, 0.6) is 5.75 Å². The highest BCUT2D eigenvalue weighted by molar-refractivity contribution is 6.30. The Kier molecular flexibility index (Phi) is 3.93. The molecule has 0 aromatic heterocycles. The molecule has 1 saturated heterocycles. The molecule has 2 N–H and O–H groups in total. The molecule has 20 heavy (non-hydrogen) atoms. The normalized spacial score (nSPS) is 21.6. The first-order chi connectivity index (χ1) is 9.62. The molecule has 3 rings (SSSR count). The first kappa shape index (κ1) is 14.2. The molecular formula is C16H23ClN2O. The van der Waals surface area contributed by atoms with Crippen LogP contribution in [0, 0.1) is 6.92 Å². The van der Waals surface area contributed by atoms with Gasteiger partial charge in [-0.1, -0.05) is 11.6 Å². The summed E-state index contributed by atoms with van der Waals surface area (Å²) in [7, 11) is 0. The molecule has 4 heteroatoms. The lowest BCUT2D eigenvalue weighted by Gasteiger charge is -2.45. The molecule has 1 fully saturated rings.